The van der Waals surface area contributed by atoms with Crippen LogP contribution in [0.5, 0.6) is 0 Å². The summed E-state index contributed by atoms with van der Waals surface area (Å²) in [5.74, 6) is 0.106. The van der Waals surface area contributed by atoms with Crippen LogP contribution in [0.15, 0.2) is 42.9 Å². The lowest BCUT2D eigenvalue weighted by atomic mass is 9.96. The van der Waals surface area contributed by atoms with Gasteiger partial charge in [0, 0.05) is 30.9 Å². The molecule has 0 saturated carbocycles. The van der Waals surface area contributed by atoms with Crippen LogP contribution in [-0.4, -0.2) is 33.7 Å². The lowest BCUT2D eigenvalue weighted by Gasteiger charge is -2.32. The first-order chi connectivity index (χ1) is 11.4. The summed E-state index contributed by atoms with van der Waals surface area (Å²) in [4.78, 5) is 22.2. The summed E-state index contributed by atoms with van der Waals surface area (Å²) in [5.41, 5.74) is 1.67. The molecule has 0 N–H and O–H groups in total. The number of rotatable bonds is 3. The molecule has 0 aliphatic carbocycles. The zero-order chi connectivity index (χ0) is 17.2. The number of imidazole rings is 1. The smallest absolute Gasteiger partial charge is 0.330 e. The van der Waals surface area contributed by atoms with Crippen molar-refractivity contribution in [1.82, 2.24) is 14.6 Å². The number of hydrogen-bond donors (Lipinski definition) is 0. The molecule has 1 fully saturated rings. The highest BCUT2D eigenvalue weighted by Gasteiger charge is 2.30. The number of carbonyl (C=O) groups is 1. The van der Waals surface area contributed by atoms with E-state index in [1.165, 1.54) is 0 Å². The fourth-order valence-electron chi connectivity index (χ4n) is 2.81. The lowest BCUT2D eigenvalue weighted by Crippen LogP contribution is -2.39. The van der Waals surface area contributed by atoms with Gasteiger partial charge in [-0.2, -0.15) is 0 Å². The highest BCUT2D eigenvalue weighted by atomic mass is 16.7. The molecular formula is C19H25N3O2. The van der Waals surface area contributed by atoms with E-state index in [0.717, 1.165) is 30.8 Å². The van der Waals surface area contributed by atoms with Crippen LogP contribution in [0.4, 0.5) is 0 Å². The number of hydroxylamine groups is 2. The molecule has 5 nitrogen and oxygen atoms in total. The number of para-hydroxylation sites is 1. The second kappa shape index (κ2) is 6.77. The van der Waals surface area contributed by atoms with E-state index in [1.807, 2.05) is 49.9 Å². The first-order valence-corrected chi connectivity index (χ1v) is 8.50. The molecule has 1 aromatic carbocycles. The molecule has 1 unspecified atom stereocenters. The number of piperidine rings is 1. The maximum Gasteiger partial charge on any atom is 0.330 e. The van der Waals surface area contributed by atoms with E-state index in [2.05, 4.69) is 23.3 Å². The minimum absolute atomic E-state index is 0.182. The van der Waals surface area contributed by atoms with Crippen molar-refractivity contribution in [2.75, 3.05) is 13.1 Å². The molecule has 1 aromatic heterocycles. The molecule has 0 bridgehead atoms. The summed E-state index contributed by atoms with van der Waals surface area (Å²) in [6, 6.07) is 10.2. The highest BCUT2D eigenvalue weighted by Crippen LogP contribution is 2.27. The third-order valence-corrected chi connectivity index (χ3v) is 4.28. The molecule has 24 heavy (non-hydrogen) atoms. The summed E-state index contributed by atoms with van der Waals surface area (Å²) >= 11 is 0. The van der Waals surface area contributed by atoms with Crippen LogP contribution in [0, 0.1) is 5.41 Å². The van der Waals surface area contributed by atoms with E-state index < -0.39 is 5.41 Å². The number of aromatic nitrogens is 2. The molecular weight excluding hydrogens is 302 g/mol. The summed E-state index contributed by atoms with van der Waals surface area (Å²) in [6.45, 7) is 7.11. The topological polar surface area (TPSA) is 47.4 Å². The molecule has 1 aliphatic heterocycles. The summed E-state index contributed by atoms with van der Waals surface area (Å²) in [5, 5.41) is 1.79. The molecule has 0 spiro atoms. The van der Waals surface area contributed by atoms with Gasteiger partial charge in [0.25, 0.3) is 0 Å². The summed E-state index contributed by atoms with van der Waals surface area (Å²) in [6.07, 6.45) is 6.00. The standard InChI is InChI=1S/C19H25N3O2/c1-19(2,3)18(23)24-22-11-7-8-15(12-22)17-13-21(14-20-17)16-9-5-4-6-10-16/h4-6,9-10,13-15H,7-8,11-12H2,1-3H3. The van der Waals surface area contributed by atoms with Crippen molar-refractivity contribution in [3.8, 4) is 5.69 Å². The molecule has 3 rings (SSSR count). The fourth-order valence-corrected chi connectivity index (χ4v) is 2.81. The minimum atomic E-state index is -0.484. The number of nitrogens with zero attached hydrogens (tertiary/aromatic N) is 3. The van der Waals surface area contributed by atoms with Crippen LogP contribution >= 0.6 is 0 Å². The Labute approximate surface area is 143 Å². The lowest BCUT2D eigenvalue weighted by molar-refractivity contribution is -0.205. The maximum absolute atomic E-state index is 12.1. The van der Waals surface area contributed by atoms with Crippen LogP contribution in [0.2, 0.25) is 0 Å². The number of carbonyl (C=O) groups excluding carboxylic acids is 1. The third-order valence-electron chi connectivity index (χ3n) is 4.28. The maximum atomic E-state index is 12.1. The SMILES string of the molecule is CC(C)(C)C(=O)ON1CCCC(c2cn(-c3ccccc3)cn2)C1. The quantitative estimate of drug-likeness (QED) is 0.865. The van der Waals surface area contributed by atoms with Gasteiger partial charge in [-0.25, -0.2) is 9.78 Å². The first-order valence-electron chi connectivity index (χ1n) is 8.50. The van der Waals surface area contributed by atoms with Crippen LogP contribution in [0.25, 0.3) is 5.69 Å². The monoisotopic (exact) mass is 327 g/mol. The molecule has 0 amide bonds. The van der Waals surface area contributed by atoms with Crippen molar-refractivity contribution < 1.29 is 9.63 Å². The van der Waals surface area contributed by atoms with Crippen molar-refractivity contribution in [3.63, 3.8) is 0 Å². The Hall–Kier alpha value is -2.14. The molecule has 2 aromatic rings. The second-order valence-corrected chi connectivity index (χ2v) is 7.40. The van der Waals surface area contributed by atoms with Gasteiger partial charge in [0.15, 0.2) is 0 Å². The van der Waals surface area contributed by atoms with Gasteiger partial charge in [-0.3, -0.25) is 0 Å². The Morgan fingerprint density at radius 3 is 2.71 bits per heavy atom. The van der Waals surface area contributed by atoms with Crippen molar-refractivity contribution >= 4 is 5.97 Å². The van der Waals surface area contributed by atoms with Crippen molar-refractivity contribution in [3.05, 3.63) is 48.5 Å². The van der Waals surface area contributed by atoms with Gasteiger partial charge in [0.05, 0.1) is 17.4 Å². The van der Waals surface area contributed by atoms with Crippen LogP contribution in [0.1, 0.15) is 45.2 Å². The highest BCUT2D eigenvalue weighted by molar-refractivity contribution is 5.75. The zero-order valence-corrected chi connectivity index (χ0v) is 14.6. The van der Waals surface area contributed by atoms with Crippen molar-refractivity contribution in [2.24, 2.45) is 5.41 Å². The summed E-state index contributed by atoms with van der Waals surface area (Å²) in [7, 11) is 0. The van der Waals surface area contributed by atoms with Crippen LogP contribution in [0.3, 0.4) is 0 Å². The van der Waals surface area contributed by atoms with E-state index in [4.69, 9.17) is 4.84 Å². The predicted molar refractivity (Wildman–Crippen MR) is 92.7 cm³/mol. The van der Waals surface area contributed by atoms with Crippen molar-refractivity contribution in [2.45, 2.75) is 39.5 Å². The summed E-state index contributed by atoms with van der Waals surface area (Å²) < 4.78 is 2.04. The average molecular weight is 327 g/mol. The Morgan fingerprint density at radius 2 is 2.00 bits per heavy atom. The van der Waals surface area contributed by atoms with E-state index >= 15 is 0 Å². The van der Waals surface area contributed by atoms with Gasteiger partial charge >= 0.3 is 5.97 Å². The molecule has 5 heteroatoms. The van der Waals surface area contributed by atoms with Gasteiger partial charge in [-0.05, 0) is 45.7 Å². The fraction of sp³-hybridized carbons (Fsp3) is 0.474. The normalized spacial score (nSPS) is 19.2. The zero-order valence-electron chi connectivity index (χ0n) is 14.6. The van der Waals surface area contributed by atoms with Gasteiger partial charge in [0.2, 0.25) is 0 Å². The Bertz CT molecular complexity index is 688. The second-order valence-electron chi connectivity index (χ2n) is 7.40. The Balaban J connectivity index is 1.67. The van der Waals surface area contributed by atoms with E-state index in [1.54, 1.807) is 5.06 Å². The Kier molecular flexibility index (Phi) is 4.71. The van der Waals surface area contributed by atoms with Gasteiger partial charge < -0.3 is 9.40 Å². The largest absolute Gasteiger partial charge is 0.367 e. The number of benzene rings is 1. The van der Waals surface area contributed by atoms with E-state index in [9.17, 15) is 4.79 Å². The van der Waals surface area contributed by atoms with E-state index in [-0.39, 0.29) is 11.9 Å². The van der Waals surface area contributed by atoms with Gasteiger partial charge in [0.1, 0.15) is 0 Å². The predicted octanol–water partition coefficient (Wildman–Crippen LogP) is 3.56. The molecule has 1 aliphatic rings. The average Bonchev–Trinajstić information content (AvgIpc) is 3.05. The molecule has 1 saturated heterocycles. The van der Waals surface area contributed by atoms with E-state index in [0.29, 0.717) is 6.54 Å². The number of hydrogen-bond acceptors (Lipinski definition) is 4. The molecule has 0 radical (unpaired) electrons. The molecule has 1 atom stereocenters. The van der Waals surface area contributed by atoms with Crippen molar-refractivity contribution in [1.29, 1.82) is 0 Å². The molecule has 128 valence electrons. The third kappa shape index (κ3) is 3.85. The Morgan fingerprint density at radius 1 is 1.25 bits per heavy atom. The minimum Gasteiger partial charge on any atom is -0.367 e. The first kappa shape index (κ1) is 16.7. The van der Waals surface area contributed by atoms with Crippen LogP contribution in [-0.2, 0) is 9.63 Å². The van der Waals surface area contributed by atoms with Crippen LogP contribution < -0.4 is 0 Å². The van der Waals surface area contributed by atoms with Gasteiger partial charge in [-0.1, -0.05) is 18.2 Å². The molecule has 2 heterocycles. The van der Waals surface area contributed by atoms with Gasteiger partial charge in [-0.15, -0.1) is 5.06 Å².